The lowest BCUT2D eigenvalue weighted by molar-refractivity contribution is 1.45. The smallest absolute Gasteiger partial charge is 0.125 e. The monoisotopic (exact) mass is 575 g/mol. The van der Waals surface area contributed by atoms with E-state index in [0.717, 1.165) is 4.83 Å². The van der Waals surface area contributed by atoms with E-state index in [1.54, 1.807) is 11.3 Å². The fourth-order valence-corrected chi connectivity index (χ4v) is 9.78. The molecule has 0 aliphatic heterocycles. The standard InChI is InChI=1S/C37H21NS3/c1-2-15-32-28(11-1)29-13-5-12-27(35(29)39-32)26-10-4-9-24(20-26)22-7-3-8-23(19-22)25-16-17-33-31(21-25)34-30-14-6-18-38-36(30)41-37(34)40-33/h1-21H. The zero-order chi connectivity index (χ0) is 26.9. The van der Waals surface area contributed by atoms with E-state index in [1.165, 1.54) is 78.4 Å². The summed E-state index contributed by atoms with van der Waals surface area (Å²) >= 11 is 5.56. The normalized spacial score (nSPS) is 11.9. The van der Waals surface area contributed by atoms with Gasteiger partial charge in [-0.05, 0) is 75.8 Å². The third-order valence-electron chi connectivity index (χ3n) is 7.99. The summed E-state index contributed by atoms with van der Waals surface area (Å²) in [6, 6.07) is 44.5. The van der Waals surface area contributed by atoms with Gasteiger partial charge in [-0.15, -0.1) is 34.0 Å². The highest BCUT2D eigenvalue weighted by Gasteiger charge is 2.14. The van der Waals surface area contributed by atoms with Crippen LogP contribution >= 0.6 is 34.0 Å². The first-order chi connectivity index (χ1) is 20.3. The van der Waals surface area contributed by atoms with Crippen LogP contribution in [-0.4, -0.2) is 4.98 Å². The van der Waals surface area contributed by atoms with Gasteiger partial charge >= 0.3 is 0 Å². The summed E-state index contributed by atoms with van der Waals surface area (Å²) in [5, 5.41) is 6.60. The Labute approximate surface area is 248 Å². The highest BCUT2D eigenvalue weighted by atomic mass is 32.2. The Morgan fingerprint density at radius 2 is 1.12 bits per heavy atom. The fraction of sp³-hybridized carbons (Fsp3) is 0. The quantitative estimate of drug-likeness (QED) is 0.204. The van der Waals surface area contributed by atoms with Gasteiger partial charge in [0.1, 0.15) is 4.83 Å². The maximum atomic E-state index is 4.61. The van der Waals surface area contributed by atoms with Gasteiger partial charge in [-0.25, -0.2) is 4.98 Å². The first-order valence-electron chi connectivity index (χ1n) is 13.6. The first-order valence-corrected chi connectivity index (χ1v) is 16.1. The Morgan fingerprint density at radius 3 is 2.00 bits per heavy atom. The summed E-state index contributed by atoms with van der Waals surface area (Å²) in [5.41, 5.74) is 7.49. The van der Waals surface area contributed by atoms with Crippen LogP contribution in [0.25, 0.3) is 83.3 Å². The van der Waals surface area contributed by atoms with Crippen LogP contribution in [0.3, 0.4) is 0 Å². The van der Waals surface area contributed by atoms with Crippen LogP contribution in [0.2, 0.25) is 0 Å². The predicted octanol–water partition coefficient (Wildman–Crippen LogP) is 12.0. The molecule has 4 aromatic heterocycles. The molecule has 0 amide bonds. The van der Waals surface area contributed by atoms with Crippen molar-refractivity contribution in [3.63, 3.8) is 0 Å². The van der Waals surface area contributed by atoms with Crippen molar-refractivity contribution in [1.29, 1.82) is 0 Å². The summed E-state index contributed by atoms with van der Waals surface area (Å²) in [6.45, 7) is 0. The van der Waals surface area contributed by atoms with E-state index in [1.807, 2.05) is 34.9 Å². The Balaban J connectivity index is 1.15. The number of aromatic nitrogens is 1. The predicted molar refractivity (Wildman–Crippen MR) is 182 cm³/mol. The molecule has 192 valence electrons. The number of benzene rings is 5. The number of rotatable bonds is 3. The molecule has 4 heteroatoms. The Hall–Kier alpha value is -4.35. The van der Waals surface area contributed by atoms with Crippen LogP contribution in [0.15, 0.2) is 128 Å². The molecule has 0 spiro atoms. The van der Waals surface area contributed by atoms with Crippen LogP contribution in [0.5, 0.6) is 0 Å². The van der Waals surface area contributed by atoms with Crippen LogP contribution in [0.4, 0.5) is 0 Å². The molecule has 9 aromatic rings. The van der Waals surface area contributed by atoms with Crippen molar-refractivity contribution in [2.24, 2.45) is 0 Å². The second-order valence-corrected chi connectivity index (χ2v) is 13.7. The summed E-state index contributed by atoms with van der Waals surface area (Å²) in [6.07, 6.45) is 1.89. The second kappa shape index (κ2) is 9.08. The van der Waals surface area contributed by atoms with E-state index in [2.05, 4.69) is 120 Å². The topological polar surface area (TPSA) is 12.9 Å². The van der Waals surface area contributed by atoms with Crippen molar-refractivity contribution < 1.29 is 0 Å². The number of hydrogen-bond donors (Lipinski definition) is 0. The molecule has 0 radical (unpaired) electrons. The molecular weight excluding hydrogens is 555 g/mol. The summed E-state index contributed by atoms with van der Waals surface area (Å²) in [7, 11) is 0. The Kier molecular flexibility index (Phi) is 5.18. The molecular formula is C37H21NS3. The molecule has 0 unspecified atom stereocenters. The fourth-order valence-electron chi connectivity index (χ4n) is 6.05. The van der Waals surface area contributed by atoms with E-state index in [4.69, 9.17) is 0 Å². The van der Waals surface area contributed by atoms with Crippen molar-refractivity contribution in [2.75, 3.05) is 0 Å². The number of nitrogens with zero attached hydrogens (tertiary/aromatic N) is 1. The summed E-state index contributed by atoms with van der Waals surface area (Å²) in [5.74, 6) is 0. The molecule has 0 saturated heterocycles. The molecule has 0 aliphatic rings. The molecule has 0 bridgehead atoms. The Bertz CT molecular complexity index is 2440. The number of pyridine rings is 1. The molecule has 9 rings (SSSR count). The van der Waals surface area contributed by atoms with E-state index >= 15 is 0 Å². The van der Waals surface area contributed by atoms with Gasteiger partial charge in [0, 0.05) is 47.2 Å². The van der Waals surface area contributed by atoms with Gasteiger partial charge < -0.3 is 0 Å². The van der Waals surface area contributed by atoms with Crippen molar-refractivity contribution in [1.82, 2.24) is 4.98 Å². The van der Waals surface area contributed by atoms with E-state index < -0.39 is 0 Å². The molecule has 1 nitrogen and oxygen atoms in total. The molecule has 0 N–H and O–H groups in total. The largest absolute Gasteiger partial charge is 0.245 e. The molecule has 5 aromatic carbocycles. The van der Waals surface area contributed by atoms with Crippen LogP contribution < -0.4 is 0 Å². The lowest BCUT2D eigenvalue weighted by Crippen LogP contribution is -1.84. The van der Waals surface area contributed by atoms with Gasteiger partial charge in [0.15, 0.2) is 0 Å². The maximum absolute atomic E-state index is 4.61. The first kappa shape index (κ1) is 23.4. The number of fused-ring (bicyclic) bond motifs is 8. The van der Waals surface area contributed by atoms with Crippen molar-refractivity contribution in [2.45, 2.75) is 0 Å². The molecule has 0 atom stereocenters. The van der Waals surface area contributed by atoms with E-state index in [0.29, 0.717) is 0 Å². The molecule has 0 fully saturated rings. The number of hydrogen-bond acceptors (Lipinski definition) is 4. The molecule has 0 aliphatic carbocycles. The van der Waals surface area contributed by atoms with Crippen LogP contribution in [-0.2, 0) is 0 Å². The highest BCUT2D eigenvalue weighted by Crippen LogP contribution is 2.45. The minimum absolute atomic E-state index is 1.12. The molecule has 41 heavy (non-hydrogen) atoms. The SMILES string of the molecule is c1cc(-c2cccc(-c3cccc4c3sc3ccccc34)c2)cc(-c2ccc3sc4sc5ncccc5c4c3c2)c1. The van der Waals surface area contributed by atoms with Gasteiger partial charge in [0.05, 0.1) is 4.01 Å². The summed E-state index contributed by atoms with van der Waals surface area (Å²) < 4.78 is 5.38. The minimum Gasteiger partial charge on any atom is -0.245 e. The van der Waals surface area contributed by atoms with Crippen LogP contribution in [0, 0.1) is 0 Å². The van der Waals surface area contributed by atoms with Gasteiger partial charge in [-0.2, -0.15) is 0 Å². The number of thiophene rings is 3. The lowest BCUT2D eigenvalue weighted by Gasteiger charge is -2.09. The molecule has 0 saturated carbocycles. The maximum Gasteiger partial charge on any atom is 0.125 e. The zero-order valence-electron chi connectivity index (χ0n) is 21.8. The van der Waals surface area contributed by atoms with Crippen LogP contribution in [0.1, 0.15) is 0 Å². The van der Waals surface area contributed by atoms with Crippen molar-refractivity contribution in [3.8, 4) is 33.4 Å². The Morgan fingerprint density at radius 1 is 0.439 bits per heavy atom. The van der Waals surface area contributed by atoms with Gasteiger partial charge in [0.25, 0.3) is 0 Å². The van der Waals surface area contributed by atoms with Crippen molar-refractivity contribution >= 4 is 83.9 Å². The molecule has 4 heterocycles. The van der Waals surface area contributed by atoms with Gasteiger partial charge in [-0.1, -0.05) is 78.9 Å². The summed E-state index contributed by atoms with van der Waals surface area (Å²) in [4.78, 5) is 5.73. The van der Waals surface area contributed by atoms with Gasteiger partial charge in [0.2, 0.25) is 0 Å². The lowest BCUT2D eigenvalue weighted by atomic mass is 9.95. The third-order valence-corrected chi connectivity index (χ3v) is 11.6. The highest BCUT2D eigenvalue weighted by molar-refractivity contribution is 7.44. The second-order valence-electron chi connectivity index (χ2n) is 10.4. The average molecular weight is 576 g/mol. The minimum atomic E-state index is 1.12. The van der Waals surface area contributed by atoms with Gasteiger partial charge in [-0.3, -0.25) is 0 Å². The zero-order valence-corrected chi connectivity index (χ0v) is 24.2. The third kappa shape index (κ3) is 3.69. The van der Waals surface area contributed by atoms with E-state index in [-0.39, 0.29) is 0 Å². The van der Waals surface area contributed by atoms with Crippen molar-refractivity contribution in [3.05, 3.63) is 128 Å². The van der Waals surface area contributed by atoms with E-state index in [9.17, 15) is 0 Å². The average Bonchev–Trinajstić information content (AvgIpc) is 3.70.